The lowest BCUT2D eigenvalue weighted by atomic mass is 9.97. The number of rotatable bonds is 2. The minimum atomic E-state index is 0.737. The lowest BCUT2D eigenvalue weighted by molar-refractivity contribution is 0.920. The average molecular weight is 288 g/mol. The summed E-state index contributed by atoms with van der Waals surface area (Å²) in [5.74, 6) is 0.737. The van der Waals surface area contributed by atoms with Crippen LogP contribution in [0, 0.1) is 0 Å². The van der Waals surface area contributed by atoms with Crippen LogP contribution in [0.3, 0.4) is 0 Å². The summed E-state index contributed by atoms with van der Waals surface area (Å²) in [4.78, 5) is 4.27. The van der Waals surface area contributed by atoms with Crippen LogP contribution in [-0.2, 0) is 0 Å². The molecule has 0 radical (unpaired) electrons. The van der Waals surface area contributed by atoms with Crippen LogP contribution in [-0.4, -0.2) is 25.3 Å². The third kappa shape index (κ3) is 2.29. The zero-order chi connectivity index (χ0) is 14.8. The van der Waals surface area contributed by atoms with Crippen LogP contribution >= 0.6 is 0 Å². The number of hydrogen-bond acceptors (Lipinski definition) is 4. The lowest BCUT2D eigenvalue weighted by Gasteiger charge is -2.08. The largest absolute Gasteiger partial charge is 0.353 e. The van der Waals surface area contributed by atoms with E-state index in [1.54, 1.807) is 0 Å². The van der Waals surface area contributed by atoms with Crippen molar-refractivity contribution in [1.29, 1.82) is 0 Å². The molecule has 0 aliphatic carbocycles. The third-order valence-corrected chi connectivity index (χ3v) is 3.85. The summed E-state index contributed by atoms with van der Waals surface area (Å²) in [6, 6.07) is 19.0. The van der Waals surface area contributed by atoms with Gasteiger partial charge in [-0.2, -0.15) is 5.10 Å². The maximum absolute atomic E-state index is 4.36. The van der Waals surface area contributed by atoms with E-state index in [9.17, 15) is 0 Å². The molecule has 4 heteroatoms. The monoisotopic (exact) mass is 288 g/mol. The highest BCUT2D eigenvalue weighted by atomic mass is 15.4. The molecule has 4 nitrogen and oxygen atoms in total. The Labute approximate surface area is 128 Å². The number of nitrogens with one attached hydrogen (secondary N) is 2. The maximum Gasteiger partial charge on any atom is 0.212 e. The topological polar surface area (TPSA) is 48.8 Å². The zero-order valence-corrected chi connectivity index (χ0v) is 12.1. The highest BCUT2D eigenvalue weighted by Crippen LogP contribution is 2.27. The molecule has 0 fully saturated rings. The van der Waals surface area contributed by atoms with Gasteiger partial charge >= 0.3 is 0 Å². The van der Waals surface area contributed by atoms with E-state index in [0.717, 1.165) is 24.6 Å². The highest BCUT2D eigenvalue weighted by molar-refractivity contribution is 6.13. The van der Waals surface area contributed by atoms with Crippen LogP contribution in [0.15, 0.2) is 64.7 Å². The van der Waals surface area contributed by atoms with Crippen molar-refractivity contribution >= 4 is 33.7 Å². The first-order valence-corrected chi connectivity index (χ1v) is 7.40. The van der Waals surface area contributed by atoms with Gasteiger partial charge in [-0.1, -0.05) is 48.5 Å². The molecule has 3 aromatic rings. The smallest absolute Gasteiger partial charge is 0.212 e. The summed E-state index contributed by atoms with van der Waals surface area (Å²) in [5, 5.41) is 12.3. The van der Waals surface area contributed by atoms with E-state index in [0.29, 0.717) is 0 Å². The summed E-state index contributed by atoms with van der Waals surface area (Å²) in [6.07, 6.45) is 1.88. The normalized spacial score (nSPS) is 14.5. The van der Waals surface area contributed by atoms with Gasteiger partial charge in [0, 0.05) is 12.1 Å². The van der Waals surface area contributed by atoms with Gasteiger partial charge in [0.25, 0.3) is 0 Å². The van der Waals surface area contributed by atoms with Crippen LogP contribution in [0.5, 0.6) is 0 Å². The van der Waals surface area contributed by atoms with E-state index in [1.807, 2.05) is 6.21 Å². The molecule has 0 saturated heterocycles. The van der Waals surface area contributed by atoms with E-state index in [1.165, 1.54) is 21.5 Å². The summed E-state index contributed by atoms with van der Waals surface area (Å²) in [7, 11) is 0. The summed E-state index contributed by atoms with van der Waals surface area (Å²) < 4.78 is 0. The van der Waals surface area contributed by atoms with Gasteiger partial charge in [-0.15, -0.1) is 0 Å². The number of benzene rings is 3. The molecule has 4 rings (SSSR count). The van der Waals surface area contributed by atoms with Gasteiger partial charge in [-0.05, 0) is 27.6 Å². The number of fused-ring (bicyclic) bond motifs is 2. The molecule has 22 heavy (non-hydrogen) atoms. The summed E-state index contributed by atoms with van der Waals surface area (Å²) >= 11 is 0. The Kier molecular flexibility index (Phi) is 3.20. The van der Waals surface area contributed by atoms with Gasteiger partial charge in [0.05, 0.1) is 12.8 Å². The number of nitrogens with zero attached hydrogens (tertiary/aromatic N) is 2. The second-order valence-electron chi connectivity index (χ2n) is 5.26. The van der Waals surface area contributed by atoms with Crippen LogP contribution < -0.4 is 10.7 Å². The molecule has 0 amide bonds. The molecule has 0 bridgehead atoms. The Hall–Kier alpha value is -2.88. The fraction of sp³-hybridized carbons (Fsp3) is 0.111. The second kappa shape index (κ2) is 5.48. The van der Waals surface area contributed by atoms with E-state index < -0.39 is 0 Å². The Morgan fingerprint density at radius 2 is 1.68 bits per heavy atom. The van der Waals surface area contributed by atoms with E-state index in [-0.39, 0.29) is 0 Å². The fourth-order valence-corrected chi connectivity index (χ4v) is 2.82. The fourth-order valence-electron chi connectivity index (χ4n) is 2.82. The van der Waals surface area contributed by atoms with Gasteiger partial charge in [-0.3, -0.25) is 0 Å². The number of hydrazone groups is 1. The van der Waals surface area contributed by atoms with Gasteiger partial charge in [0.2, 0.25) is 5.96 Å². The molecular formula is C18H16N4. The predicted octanol–water partition coefficient (Wildman–Crippen LogP) is 2.88. The lowest BCUT2D eigenvalue weighted by Crippen LogP contribution is -2.30. The van der Waals surface area contributed by atoms with Crippen LogP contribution in [0.25, 0.3) is 21.5 Å². The predicted molar refractivity (Wildman–Crippen MR) is 92.5 cm³/mol. The Balaban J connectivity index is 1.83. The first-order valence-electron chi connectivity index (χ1n) is 7.40. The number of hydrogen-bond donors (Lipinski definition) is 2. The first kappa shape index (κ1) is 12.8. The van der Waals surface area contributed by atoms with Crippen molar-refractivity contribution in [2.45, 2.75) is 0 Å². The van der Waals surface area contributed by atoms with E-state index in [4.69, 9.17) is 0 Å². The standard InChI is InChI=1S/C18H16N4/c1-3-7-15-13(5-1)11-14-6-2-4-8-16(14)17(15)12-21-22-18-19-9-10-20-18/h1-8,11-12H,9-10H2,(H2,19,20,22)/b21-12+. The minimum Gasteiger partial charge on any atom is -0.353 e. The third-order valence-electron chi connectivity index (χ3n) is 3.85. The Morgan fingerprint density at radius 3 is 2.32 bits per heavy atom. The molecule has 0 atom stereocenters. The molecule has 2 N–H and O–H groups in total. The molecular weight excluding hydrogens is 272 g/mol. The zero-order valence-electron chi connectivity index (χ0n) is 12.1. The molecule has 0 spiro atoms. The van der Waals surface area contributed by atoms with Gasteiger partial charge in [0.1, 0.15) is 0 Å². The molecule has 1 aliphatic rings. The van der Waals surface area contributed by atoms with Crippen molar-refractivity contribution in [3.05, 3.63) is 60.2 Å². The molecule has 1 aliphatic heterocycles. The maximum atomic E-state index is 4.36. The van der Waals surface area contributed by atoms with Crippen molar-refractivity contribution in [2.24, 2.45) is 10.1 Å². The SMILES string of the molecule is C(=N\NC1=NCCN1)/c1c2ccccc2cc2ccccc12. The van der Waals surface area contributed by atoms with Crippen molar-refractivity contribution in [1.82, 2.24) is 10.7 Å². The van der Waals surface area contributed by atoms with Crippen molar-refractivity contribution in [3.63, 3.8) is 0 Å². The molecule has 108 valence electrons. The van der Waals surface area contributed by atoms with Gasteiger partial charge in [0.15, 0.2) is 0 Å². The van der Waals surface area contributed by atoms with E-state index >= 15 is 0 Å². The molecule has 1 heterocycles. The van der Waals surface area contributed by atoms with Gasteiger partial charge in [-0.25, -0.2) is 10.4 Å². The van der Waals surface area contributed by atoms with Crippen molar-refractivity contribution < 1.29 is 0 Å². The number of aliphatic imine (C=N–C) groups is 1. The Bertz CT molecular complexity index is 842. The first-order chi connectivity index (χ1) is 10.9. The number of guanidine groups is 1. The van der Waals surface area contributed by atoms with Crippen molar-refractivity contribution in [2.75, 3.05) is 13.1 Å². The Morgan fingerprint density at radius 1 is 1.00 bits per heavy atom. The average Bonchev–Trinajstić information content (AvgIpc) is 3.07. The van der Waals surface area contributed by atoms with Crippen molar-refractivity contribution in [3.8, 4) is 0 Å². The molecule has 0 saturated carbocycles. The van der Waals surface area contributed by atoms with Crippen LogP contribution in [0.2, 0.25) is 0 Å². The van der Waals surface area contributed by atoms with Gasteiger partial charge < -0.3 is 5.32 Å². The summed E-state index contributed by atoms with van der Waals surface area (Å²) in [6.45, 7) is 1.67. The van der Waals surface area contributed by atoms with E-state index in [2.05, 4.69) is 75.4 Å². The molecule has 0 aromatic heterocycles. The minimum absolute atomic E-state index is 0.737. The van der Waals surface area contributed by atoms with Crippen LogP contribution in [0.4, 0.5) is 0 Å². The quantitative estimate of drug-likeness (QED) is 0.433. The molecule has 0 unspecified atom stereocenters. The highest BCUT2D eigenvalue weighted by Gasteiger charge is 2.06. The second-order valence-corrected chi connectivity index (χ2v) is 5.26. The summed E-state index contributed by atoms with van der Waals surface area (Å²) in [5.41, 5.74) is 4.09. The molecule has 3 aromatic carbocycles. The van der Waals surface area contributed by atoms with Crippen LogP contribution in [0.1, 0.15) is 5.56 Å².